The number of piperidine rings is 1. The molecule has 164 valence electrons. The monoisotopic (exact) mass is 427 g/mol. The summed E-state index contributed by atoms with van der Waals surface area (Å²) < 4.78 is 9.32. The lowest BCUT2D eigenvalue weighted by atomic mass is 9.89. The maximum atomic E-state index is 12.8. The highest BCUT2D eigenvalue weighted by atomic mass is 16.6. The summed E-state index contributed by atoms with van der Waals surface area (Å²) in [5.41, 5.74) is -0.897. The molecular formula is C21H25N5O5. The maximum absolute atomic E-state index is 12.8. The van der Waals surface area contributed by atoms with Crippen LogP contribution in [0.25, 0.3) is 11.2 Å². The van der Waals surface area contributed by atoms with Gasteiger partial charge in [-0.3, -0.25) is 13.9 Å². The number of hydrogen-bond acceptors (Lipinski definition) is 6. The van der Waals surface area contributed by atoms with Crippen LogP contribution < -0.4 is 11.2 Å². The Morgan fingerprint density at radius 3 is 2.61 bits per heavy atom. The molecule has 0 radical (unpaired) electrons. The fraction of sp³-hybridized carbons (Fsp3) is 0.429. The van der Waals surface area contributed by atoms with E-state index in [1.54, 1.807) is 18.5 Å². The molecule has 3 heterocycles. The Labute approximate surface area is 177 Å². The Morgan fingerprint density at radius 2 is 1.94 bits per heavy atom. The number of nitrogens with zero attached hydrogens (tertiary/aromatic N) is 5. The third-order valence-corrected chi connectivity index (χ3v) is 5.87. The number of aliphatic hydroxyl groups is 1. The van der Waals surface area contributed by atoms with E-state index in [0.29, 0.717) is 13.0 Å². The van der Waals surface area contributed by atoms with Gasteiger partial charge in [-0.25, -0.2) is 14.6 Å². The second-order valence-corrected chi connectivity index (χ2v) is 8.15. The number of carbonyl (C=O) groups excluding carboxylic acids is 1. The SMILES string of the molecule is Cn1c(=O)c2c(ncn2[C@H]2CCN(C(=O)OCc3ccccc3)C[C@@]2(C)O)n(C)c1=O. The highest BCUT2D eigenvalue weighted by Gasteiger charge is 2.42. The number of aryl methyl sites for hydroxylation is 1. The van der Waals surface area contributed by atoms with Gasteiger partial charge in [-0.05, 0) is 18.9 Å². The minimum Gasteiger partial charge on any atom is -0.445 e. The van der Waals surface area contributed by atoms with Crippen molar-refractivity contribution in [1.29, 1.82) is 0 Å². The molecule has 1 aliphatic heterocycles. The van der Waals surface area contributed by atoms with E-state index in [0.717, 1.165) is 10.1 Å². The first-order valence-electron chi connectivity index (χ1n) is 10.0. The number of carbonyl (C=O) groups is 1. The van der Waals surface area contributed by atoms with Gasteiger partial charge in [0.2, 0.25) is 0 Å². The molecular weight excluding hydrogens is 402 g/mol. The summed E-state index contributed by atoms with van der Waals surface area (Å²) in [6.07, 6.45) is 1.36. The number of benzene rings is 1. The van der Waals surface area contributed by atoms with Crippen molar-refractivity contribution in [3.05, 3.63) is 63.1 Å². The number of amides is 1. The van der Waals surface area contributed by atoms with Gasteiger partial charge < -0.3 is 19.3 Å². The third kappa shape index (κ3) is 3.63. The average molecular weight is 427 g/mol. The molecule has 10 nitrogen and oxygen atoms in total. The number of β-amino-alcohol motifs (C(OH)–C–C–N with tert-alkyl or cyclic N) is 1. The van der Waals surface area contributed by atoms with E-state index in [4.69, 9.17) is 4.74 Å². The van der Waals surface area contributed by atoms with Crippen molar-refractivity contribution in [2.75, 3.05) is 13.1 Å². The van der Waals surface area contributed by atoms with E-state index < -0.39 is 29.0 Å². The predicted molar refractivity (Wildman–Crippen MR) is 113 cm³/mol. The standard InChI is InChI=1S/C21H25N5O5/c1-21(30)12-25(20(29)31-11-14-7-5-4-6-8-14)10-9-15(21)26-13-22-17-16(26)18(27)24(3)19(28)23(17)2/h4-8,13,15,30H,9-12H2,1-3H3/t15-,21+/m0/s1. The van der Waals surface area contributed by atoms with Crippen LogP contribution in [0.1, 0.15) is 24.9 Å². The van der Waals surface area contributed by atoms with E-state index in [-0.39, 0.29) is 24.3 Å². The maximum Gasteiger partial charge on any atom is 0.410 e. The lowest BCUT2D eigenvalue weighted by Crippen LogP contribution is -2.54. The van der Waals surface area contributed by atoms with Crippen molar-refractivity contribution in [1.82, 2.24) is 23.6 Å². The molecule has 10 heteroatoms. The number of imidazole rings is 1. The van der Waals surface area contributed by atoms with Crippen LogP contribution in [0, 0.1) is 0 Å². The first-order valence-corrected chi connectivity index (χ1v) is 10.0. The van der Waals surface area contributed by atoms with Gasteiger partial charge in [0.15, 0.2) is 11.2 Å². The van der Waals surface area contributed by atoms with Gasteiger partial charge in [-0.15, -0.1) is 0 Å². The van der Waals surface area contributed by atoms with Crippen LogP contribution in [0.5, 0.6) is 0 Å². The van der Waals surface area contributed by atoms with E-state index in [2.05, 4.69) is 4.98 Å². The van der Waals surface area contributed by atoms with Gasteiger partial charge in [-0.2, -0.15) is 0 Å². The normalized spacial score (nSPS) is 21.4. The molecule has 3 aromatic rings. The molecule has 2 atom stereocenters. The highest BCUT2D eigenvalue weighted by Crippen LogP contribution is 2.33. The zero-order valence-electron chi connectivity index (χ0n) is 17.7. The first kappa shape index (κ1) is 20.9. The van der Waals surface area contributed by atoms with Crippen molar-refractivity contribution < 1.29 is 14.6 Å². The molecule has 4 rings (SSSR count). The Hall–Kier alpha value is -3.40. The van der Waals surface area contributed by atoms with Gasteiger partial charge in [0.05, 0.1) is 18.9 Å². The lowest BCUT2D eigenvalue weighted by Gasteiger charge is -2.42. The molecule has 1 N–H and O–H groups in total. The largest absolute Gasteiger partial charge is 0.445 e. The summed E-state index contributed by atoms with van der Waals surface area (Å²) in [7, 11) is 2.95. The fourth-order valence-corrected chi connectivity index (χ4v) is 4.17. The third-order valence-electron chi connectivity index (χ3n) is 5.87. The molecule has 0 bridgehead atoms. The Kier molecular flexibility index (Phi) is 5.18. The van der Waals surface area contributed by atoms with Crippen LogP contribution in [0.3, 0.4) is 0 Å². The summed E-state index contributed by atoms with van der Waals surface area (Å²) in [4.78, 5) is 43.1. The highest BCUT2D eigenvalue weighted by molar-refractivity contribution is 5.70. The molecule has 0 unspecified atom stereocenters. The van der Waals surface area contributed by atoms with Crippen molar-refractivity contribution in [3.8, 4) is 0 Å². The Morgan fingerprint density at radius 1 is 1.23 bits per heavy atom. The average Bonchev–Trinajstić information content (AvgIpc) is 3.19. The van der Waals surface area contributed by atoms with Gasteiger partial charge in [0.1, 0.15) is 12.2 Å². The molecule has 0 saturated carbocycles. The number of rotatable bonds is 3. The molecule has 31 heavy (non-hydrogen) atoms. The van der Waals surface area contributed by atoms with Crippen LogP contribution in [0.4, 0.5) is 4.79 Å². The van der Waals surface area contributed by atoms with Crippen LogP contribution in [0.15, 0.2) is 46.2 Å². The van der Waals surface area contributed by atoms with Crippen LogP contribution >= 0.6 is 0 Å². The van der Waals surface area contributed by atoms with Crippen LogP contribution in [-0.2, 0) is 25.4 Å². The van der Waals surface area contributed by atoms with Gasteiger partial charge in [-0.1, -0.05) is 30.3 Å². The number of aromatic nitrogens is 4. The van der Waals surface area contributed by atoms with E-state index >= 15 is 0 Å². The first-order chi connectivity index (χ1) is 14.7. The predicted octanol–water partition coefficient (Wildman–Crippen LogP) is 0.768. The summed E-state index contributed by atoms with van der Waals surface area (Å²) in [5.74, 6) is 0. The Bertz CT molecular complexity index is 1240. The summed E-state index contributed by atoms with van der Waals surface area (Å²) >= 11 is 0. The molecule has 1 fully saturated rings. The minimum atomic E-state index is -1.34. The summed E-state index contributed by atoms with van der Waals surface area (Å²) in [6.45, 7) is 2.15. The smallest absolute Gasteiger partial charge is 0.410 e. The molecule has 0 aliphatic carbocycles. The number of ether oxygens (including phenoxy) is 1. The molecule has 0 spiro atoms. The van der Waals surface area contributed by atoms with Gasteiger partial charge >= 0.3 is 11.8 Å². The zero-order valence-corrected chi connectivity index (χ0v) is 17.7. The van der Waals surface area contributed by atoms with Gasteiger partial charge in [0.25, 0.3) is 5.56 Å². The van der Waals surface area contributed by atoms with Crippen molar-refractivity contribution in [3.63, 3.8) is 0 Å². The molecule has 2 aromatic heterocycles. The number of likely N-dealkylation sites (tertiary alicyclic amines) is 1. The molecule has 1 aromatic carbocycles. The fourth-order valence-electron chi connectivity index (χ4n) is 4.17. The minimum absolute atomic E-state index is 0.0387. The molecule has 1 saturated heterocycles. The molecule has 1 aliphatic rings. The number of fused-ring (bicyclic) bond motifs is 1. The van der Waals surface area contributed by atoms with E-state index in [9.17, 15) is 19.5 Å². The zero-order chi connectivity index (χ0) is 22.3. The Balaban J connectivity index is 1.56. The molecule has 1 amide bonds. The second-order valence-electron chi connectivity index (χ2n) is 8.15. The number of hydrogen-bond donors (Lipinski definition) is 1. The van der Waals surface area contributed by atoms with Crippen molar-refractivity contribution in [2.24, 2.45) is 14.1 Å². The topological polar surface area (TPSA) is 112 Å². The van der Waals surface area contributed by atoms with Crippen molar-refractivity contribution in [2.45, 2.75) is 31.6 Å². The second kappa shape index (κ2) is 7.69. The summed E-state index contributed by atoms with van der Waals surface area (Å²) in [6, 6.07) is 8.87. The van der Waals surface area contributed by atoms with Crippen molar-refractivity contribution >= 4 is 17.3 Å². The van der Waals surface area contributed by atoms with E-state index in [1.165, 1.54) is 22.8 Å². The summed E-state index contributed by atoms with van der Waals surface area (Å²) in [5, 5.41) is 11.2. The van der Waals surface area contributed by atoms with E-state index in [1.807, 2.05) is 30.3 Å². The van der Waals surface area contributed by atoms with Crippen LogP contribution in [0.2, 0.25) is 0 Å². The quantitative estimate of drug-likeness (QED) is 0.661. The lowest BCUT2D eigenvalue weighted by molar-refractivity contribution is -0.0532. The van der Waals surface area contributed by atoms with Gasteiger partial charge in [0, 0.05) is 20.6 Å². The van der Waals surface area contributed by atoms with Crippen LogP contribution in [-0.4, -0.2) is 53.5 Å².